The summed E-state index contributed by atoms with van der Waals surface area (Å²) in [6.45, 7) is 14.1. The molecule has 266 valence electrons. The van der Waals surface area contributed by atoms with Crippen molar-refractivity contribution in [2.45, 2.75) is 116 Å². The number of nitrogens with one attached hydrogen (secondary N) is 1. The lowest BCUT2D eigenvalue weighted by molar-refractivity contribution is -0.186. The van der Waals surface area contributed by atoms with Crippen molar-refractivity contribution in [3.8, 4) is 17.4 Å². The lowest BCUT2D eigenvalue weighted by Crippen LogP contribution is -2.54. The summed E-state index contributed by atoms with van der Waals surface area (Å²) in [6, 6.07) is 11.6. The Morgan fingerprint density at radius 1 is 1.10 bits per heavy atom. The van der Waals surface area contributed by atoms with Crippen LogP contribution in [0.4, 0.5) is 9.18 Å². The topological polar surface area (TPSA) is 108 Å². The highest BCUT2D eigenvalue weighted by Crippen LogP contribution is 2.59. The Hall–Kier alpha value is -4.38. The molecule has 50 heavy (non-hydrogen) atoms. The van der Waals surface area contributed by atoms with E-state index in [-0.39, 0.29) is 36.6 Å². The van der Waals surface area contributed by atoms with Crippen molar-refractivity contribution >= 4 is 12.0 Å². The molecular weight excluding hydrogens is 641 g/mol. The molecule has 2 fully saturated rings. The largest absolute Gasteiger partial charge is 0.473 e. The number of carbonyl (C=O) groups excluding carboxylic acids is 2. The van der Waals surface area contributed by atoms with Gasteiger partial charge in [-0.25, -0.2) is 14.2 Å². The summed E-state index contributed by atoms with van der Waals surface area (Å²) in [7, 11) is 0. The van der Waals surface area contributed by atoms with Crippen LogP contribution >= 0.6 is 0 Å². The van der Waals surface area contributed by atoms with E-state index in [1.807, 2.05) is 71.0 Å². The predicted octanol–water partition coefficient (Wildman–Crippen LogP) is 6.97. The number of nitrogens with zero attached hydrogens (tertiary/aromatic N) is 2. The Bertz CT molecular complexity index is 1830. The number of benzene rings is 2. The fraction of sp³-hybridized carbons (Fsp3) is 0.513. The van der Waals surface area contributed by atoms with E-state index in [0.717, 1.165) is 35.2 Å². The molecule has 0 bridgehead atoms. The van der Waals surface area contributed by atoms with Crippen LogP contribution in [0.15, 0.2) is 36.4 Å². The van der Waals surface area contributed by atoms with Gasteiger partial charge in [-0.2, -0.15) is 0 Å². The van der Waals surface area contributed by atoms with Gasteiger partial charge in [-0.15, -0.1) is 0 Å². The first kappa shape index (κ1) is 34.1. The van der Waals surface area contributed by atoms with Crippen LogP contribution < -0.4 is 19.5 Å². The number of alkyl carbamates (subject to hydrolysis) is 1. The molecule has 1 aromatic heterocycles. The average Bonchev–Trinajstić information content (AvgIpc) is 3.72. The summed E-state index contributed by atoms with van der Waals surface area (Å²) in [4.78, 5) is 33.2. The molecule has 4 heterocycles. The molecule has 3 atom stereocenters. The van der Waals surface area contributed by atoms with E-state index in [4.69, 9.17) is 28.7 Å². The molecule has 7 rings (SSSR count). The minimum Gasteiger partial charge on any atom is -0.473 e. The van der Waals surface area contributed by atoms with Crippen molar-refractivity contribution in [2.75, 3.05) is 13.2 Å². The summed E-state index contributed by atoms with van der Waals surface area (Å²) in [6.07, 6.45) is 1.59. The van der Waals surface area contributed by atoms with Crippen molar-refractivity contribution in [3.63, 3.8) is 0 Å². The maximum Gasteiger partial charge on any atom is 0.407 e. The van der Waals surface area contributed by atoms with Gasteiger partial charge in [0.15, 0.2) is 11.6 Å². The first-order valence-corrected chi connectivity index (χ1v) is 17.5. The van der Waals surface area contributed by atoms with Gasteiger partial charge in [0.05, 0.1) is 24.8 Å². The van der Waals surface area contributed by atoms with Crippen LogP contribution in [0.5, 0.6) is 17.4 Å². The summed E-state index contributed by atoms with van der Waals surface area (Å²) in [5.74, 6) is -1.35. The second-order valence-corrected chi connectivity index (χ2v) is 15.4. The highest BCUT2D eigenvalue weighted by molar-refractivity contribution is 6.00. The van der Waals surface area contributed by atoms with Gasteiger partial charge in [-0.1, -0.05) is 30.3 Å². The smallest absolute Gasteiger partial charge is 0.407 e. The summed E-state index contributed by atoms with van der Waals surface area (Å²) >= 11 is 0. The first-order chi connectivity index (χ1) is 23.7. The number of carbonyl (C=O) groups is 2. The second kappa shape index (κ2) is 12.4. The fourth-order valence-corrected chi connectivity index (χ4v) is 7.50. The van der Waals surface area contributed by atoms with Gasteiger partial charge in [0, 0.05) is 41.3 Å². The molecule has 0 radical (unpaired) electrons. The third-order valence-corrected chi connectivity index (χ3v) is 10.2. The van der Waals surface area contributed by atoms with Crippen LogP contribution in [0.1, 0.15) is 97.2 Å². The number of aryl methyl sites for hydroxylation is 2. The number of fused-ring (bicyclic) bond motifs is 3. The highest BCUT2D eigenvalue weighted by atomic mass is 19.1. The van der Waals surface area contributed by atoms with Gasteiger partial charge in [-0.05, 0) is 84.4 Å². The Kier molecular flexibility index (Phi) is 8.48. The summed E-state index contributed by atoms with van der Waals surface area (Å²) in [5.41, 5.74) is 3.86. The number of pyridine rings is 1. The Morgan fingerprint density at radius 2 is 1.82 bits per heavy atom. The Morgan fingerprint density at radius 3 is 2.48 bits per heavy atom. The van der Waals surface area contributed by atoms with Crippen LogP contribution in [0, 0.1) is 26.6 Å². The number of halogens is 1. The van der Waals surface area contributed by atoms with Crippen molar-refractivity contribution in [2.24, 2.45) is 0 Å². The second-order valence-electron chi connectivity index (χ2n) is 15.4. The molecule has 1 saturated carbocycles. The van der Waals surface area contributed by atoms with E-state index in [0.29, 0.717) is 48.6 Å². The Labute approximate surface area is 292 Å². The van der Waals surface area contributed by atoms with E-state index in [1.54, 1.807) is 18.7 Å². The predicted molar refractivity (Wildman–Crippen MR) is 183 cm³/mol. The lowest BCUT2D eigenvalue weighted by atomic mass is 9.83. The van der Waals surface area contributed by atoms with Crippen LogP contribution in [0.25, 0.3) is 0 Å². The average molecular weight is 688 g/mol. The number of rotatable bonds is 7. The molecule has 3 aliphatic heterocycles. The molecule has 1 unspecified atom stereocenters. The number of ether oxygens (including phenoxy) is 5. The lowest BCUT2D eigenvalue weighted by Gasteiger charge is -2.37. The number of amides is 2. The quantitative estimate of drug-likeness (QED) is 0.284. The molecule has 1 aliphatic carbocycles. The first-order valence-electron chi connectivity index (χ1n) is 17.5. The minimum atomic E-state index is -1.32. The molecule has 4 aliphatic rings. The molecule has 1 saturated heterocycles. The maximum atomic E-state index is 16.7. The van der Waals surface area contributed by atoms with Gasteiger partial charge in [0.1, 0.15) is 18.3 Å². The van der Waals surface area contributed by atoms with Crippen LogP contribution in [-0.2, 0) is 28.0 Å². The number of aromatic nitrogens is 1. The van der Waals surface area contributed by atoms with E-state index in [2.05, 4.69) is 5.32 Å². The van der Waals surface area contributed by atoms with Crippen LogP contribution in [0.3, 0.4) is 0 Å². The molecular formula is C39H46FN3O7. The van der Waals surface area contributed by atoms with E-state index in [1.165, 1.54) is 0 Å². The third-order valence-electron chi connectivity index (χ3n) is 10.2. The summed E-state index contributed by atoms with van der Waals surface area (Å²) < 4.78 is 47.2. The van der Waals surface area contributed by atoms with Gasteiger partial charge < -0.3 is 33.9 Å². The van der Waals surface area contributed by atoms with Gasteiger partial charge >= 0.3 is 6.09 Å². The van der Waals surface area contributed by atoms with Crippen molar-refractivity contribution in [1.82, 2.24) is 15.2 Å². The van der Waals surface area contributed by atoms with E-state index < -0.39 is 34.8 Å². The maximum absolute atomic E-state index is 16.7. The summed E-state index contributed by atoms with van der Waals surface area (Å²) in [5, 5.41) is 2.86. The van der Waals surface area contributed by atoms with Crippen LogP contribution in [0.2, 0.25) is 0 Å². The standard InChI is InChI=1S/C39H46FN3O7/c1-22-17-23(2)41-34(47-19-25-11-9-8-10-12-25)27(22)18-43-21-39(15-16-39)30-29(35(43)44)24(3)32-33(31(30)40)49-38(7,48-32)28-14-13-26(20-46-28)42-36(45)50-37(4,5)6/h8-12,17,26,28H,13-16,18-21H2,1-7H3,(H,42,45)/t26-,28+,38?/m1/s1. The van der Waals surface area contributed by atoms with Crippen LogP contribution in [-0.4, -0.2) is 58.6 Å². The molecule has 10 nitrogen and oxygen atoms in total. The van der Waals surface area contributed by atoms with Crippen molar-refractivity contribution in [1.29, 1.82) is 0 Å². The zero-order chi connectivity index (χ0) is 35.6. The fourth-order valence-electron chi connectivity index (χ4n) is 7.50. The molecule has 1 N–H and O–H groups in total. The molecule has 3 aromatic rings. The molecule has 1 spiro atoms. The van der Waals surface area contributed by atoms with Crippen molar-refractivity contribution in [3.05, 3.63) is 81.3 Å². The van der Waals surface area contributed by atoms with Gasteiger partial charge in [-0.3, -0.25) is 4.79 Å². The van der Waals surface area contributed by atoms with Gasteiger partial charge in [0.25, 0.3) is 11.7 Å². The zero-order valence-electron chi connectivity index (χ0n) is 29.9. The Balaban J connectivity index is 1.12. The highest BCUT2D eigenvalue weighted by Gasteiger charge is 2.57. The zero-order valence-corrected chi connectivity index (χ0v) is 29.9. The van der Waals surface area contributed by atoms with E-state index >= 15 is 4.39 Å². The number of hydrogen-bond acceptors (Lipinski definition) is 8. The normalized spacial score (nSPS) is 23.4. The van der Waals surface area contributed by atoms with Gasteiger partial charge in [0.2, 0.25) is 11.6 Å². The number of hydrogen-bond donors (Lipinski definition) is 1. The van der Waals surface area contributed by atoms with E-state index in [9.17, 15) is 9.59 Å². The molecule has 2 aromatic carbocycles. The third kappa shape index (κ3) is 6.36. The molecule has 2 amide bonds. The SMILES string of the molecule is Cc1cc(C)c(CN2CC3(CC3)c3c(F)c4c(c(C)c3C2=O)OC(C)([C@@H]2CC[C@@H](NC(=O)OC(C)(C)C)CO2)O4)c(OCc2ccccc2)n1. The monoisotopic (exact) mass is 687 g/mol. The molecule has 11 heteroatoms. The minimum absolute atomic E-state index is 0.0315. The van der Waals surface area contributed by atoms with Crippen molar-refractivity contribution < 1.29 is 37.7 Å².